The summed E-state index contributed by atoms with van der Waals surface area (Å²) in [6.07, 6.45) is 0. The summed E-state index contributed by atoms with van der Waals surface area (Å²) in [5.74, 6) is -0.390. The van der Waals surface area contributed by atoms with Crippen molar-refractivity contribution in [2.24, 2.45) is 5.73 Å². The van der Waals surface area contributed by atoms with E-state index in [4.69, 9.17) is 10.5 Å². The Bertz CT molecular complexity index is 578. The zero-order valence-electron chi connectivity index (χ0n) is 10.9. The molecule has 2 rings (SSSR count). The lowest BCUT2D eigenvalue weighted by Crippen LogP contribution is -2.16. The number of esters is 1. The number of benzene rings is 2. The van der Waals surface area contributed by atoms with Crippen LogP contribution in [0.25, 0.3) is 11.1 Å². The Kier molecular flexibility index (Phi) is 4.31. The van der Waals surface area contributed by atoms with Gasteiger partial charge in [-0.25, -0.2) is 0 Å². The van der Waals surface area contributed by atoms with Gasteiger partial charge in [0.2, 0.25) is 0 Å². The van der Waals surface area contributed by atoms with Gasteiger partial charge in [0.25, 0.3) is 0 Å². The van der Waals surface area contributed by atoms with Gasteiger partial charge in [0, 0.05) is 0 Å². The zero-order valence-corrected chi connectivity index (χ0v) is 10.9. The van der Waals surface area contributed by atoms with Gasteiger partial charge in [-0.3, -0.25) is 4.79 Å². The number of hydrogen-bond acceptors (Lipinski definition) is 3. The molecule has 3 nitrogen and oxygen atoms in total. The summed E-state index contributed by atoms with van der Waals surface area (Å²) >= 11 is 0. The Labute approximate surface area is 113 Å². The summed E-state index contributed by atoms with van der Waals surface area (Å²) in [4.78, 5) is 11.1. The number of nitrogens with two attached hydrogens (primary N) is 1. The monoisotopic (exact) mass is 255 g/mol. The summed E-state index contributed by atoms with van der Waals surface area (Å²) < 4.78 is 5.11. The molecule has 0 bridgehead atoms. The number of hydrogen-bond donors (Lipinski definition) is 1. The first-order valence-electron chi connectivity index (χ1n) is 6.21. The lowest BCUT2D eigenvalue weighted by atomic mass is 9.99. The molecule has 0 aliphatic heterocycles. The van der Waals surface area contributed by atoms with E-state index in [1.807, 2.05) is 30.3 Å². The molecule has 0 radical (unpaired) electrons. The van der Waals surface area contributed by atoms with Gasteiger partial charge in [-0.2, -0.15) is 0 Å². The Morgan fingerprint density at radius 1 is 1.16 bits per heavy atom. The van der Waals surface area contributed by atoms with E-state index >= 15 is 0 Å². The van der Waals surface area contributed by atoms with Crippen LogP contribution >= 0.6 is 0 Å². The SMILES string of the molecule is Cc1cccc(-c2ccccc2COC(=O)CN)c1. The Hall–Kier alpha value is -2.13. The molecule has 0 aliphatic carbocycles. The van der Waals surface area contributed by atoms with Crippen molar-refractivity contribution in [2.75, 3.05) is 6.54 Å². The van der Waals surface area contributed by atoms with Crippen molar-refractivity contribution in [1.82, 2.24) is 0 Å². The quantitative estimate of drug-likeness (QED) is 0.854. The second-order valence-corrected chi connectivity index (χ2v) is 4.39. The van der Waals surface area contributed by atoms with Crippen molar-refractivity contribution in [1.29, 1.82) is 0 Å². The molecule has 0 saturated carbocycles. The molecule has 2 aromatic carbocycles. The van der Waals surface area contributed by atoms with Gasteiger partial charge in [-0.15, -0.1) is 0 Å². The molecule has 0 atom stereocenters. The fourth-order valence-electron chi connectivity index (χ4n) is 1.96. The minimum absolute atomic E-state index is 0.0907. The summed E-state index contributed by atoms with van der Waals surface area (Å²) in [6.45, 7) is 2.22. The van der Waals surface area contributed by atoms with Crippen LogP contribution in [0.15, 0.2) is 48.5 Å². The predicted molar refractivity (Wildman–Crippen MR) is 75.5 cm³/mol. The van der Waals surface area contributed by atoms with E-state index in [1.165, 1.54) is 5.56 Å². The zero-order chi connectivity index (χ0) is 13.7. The van der Waals surface area contributed by atoms with Gasteiger partial charge >= 0.3 is 5.97 Å². The summed E-state index contributed by atoms with van der Waals surface area (Å²) in [5.41, 5.74) is 9.62. The van der Waals surface area contributed by atoms with Crippen LogP contribution in [0, 0.1) is 6.92 Å². The second kappa shape index (κ2) is 6.16. The normalized spacial score (nSPS) is 10.2. The van der Waals surface area contributed by atoms with E-state index in [1.54, 1.807) is 0 Å². The molecule has 0 aliphatic rings. The molecular weight excluding hydrogens is 238 g/mol. The molecule has 19 heavy (non-hydrogen) atoms. The smallest absolute Gasteiger partial charge is 0.320 e. The second-order valence-electron chi connectivity index (χ2n) is 4.39. The highest BCUT2D eigenvalue weighted by molar-refractivity contribution is 5.72. The Morgan fingerprint density at radius 3 is 2.68 bits per heavy atom. The topological polar surface area (TPSA) is 52.3 Å². The van der Waals surface area contributed by atoms with Crippen LogP contribution in [0.1, 0.15) is 11.1 Å². The van der Waals surface area contributed by atoms with Crippen molar-refractivity contribution in [3.63, 3.8) is 0 Å². The highest BCUT2D eigenvalue weighted by Crippen LogP contribution is 2.25. The molecule has 0 unspecified atom stereocenters. The molecule has 98 valence electrons. The van der Waals surface area contributed by atoms with Crippen molar-refractivity contribution in [3.05, 3.63) is 59.7 Å². The van der Waals surface area contributed by atoms with E-state index in [-0.39, 0.29) is 19.1 Å². The molecule has 3 heteroatoms. The van der Waals surface area contributed by atoms with Gasteiger partial charge in [0.05, 0.1) is 6.54 Å². The van der Waals surface area contributed by atoms with E-state index in [9.17, 15) is 4.79 Å². The number of rotatable bonds is 4. The first-order chi connectivity index (χ1) is 9.20. The highest BCUT2D eigenvalue weighted by atomic mass is 16.5. The first kappa shape index (κ1) is 13.3. The van der Waals surface area contributed by atoms with E-state index in [0.29, 0.717) is 0 Å². The Balaban J connectivity index is 2.28. The lowest BCUT2D eigenvalue weighted by Gasteiger charge is -2.10. The molecule has 2 aromatic rings. The molecule has 0 heterocycles. The predicted octanol–water partition coefficient (Wildman–Crippen LogP) is 2.66. The first-order valence-corrected chi connectivity index (χ1v) is 6.21. The van der Waals surface area contributed by atoms with Crippen LogP contribution in [-0.4, -0.2) is 12.5 Å². The third-order valence-corrected chi connectivity index (χ3v) is 2.90. The lowest BCUT2D eigenvalue weighted by molar-refractivity contribution is -0.143. The average molecular weight is 255 g/mol. The molecule has 0 saturated heterocycles. The molecular formula is C16H17NO2. The van der Waals surface area contributed by atoms with E-state index in [2.05, 4.69) is 25.1 Å². The number of carbonyl (C=O) groups is 1. The molecule has 0 fully saturated rings. The van der Waals surface area contributed by atoms with Gasteiger partial charge < -0.3 is 10.5 Å². The van der Waals surface area contributed by atoms with E-state index < -0.39 is 0 Å². The number of aryl methyl sites for hydroxylation is 1. The molecule has 0 spiro atoms. The van der Waals surface area contributed by atoms with Crippen LogP contribution in [0.5, 0.6) is 0 Å². The minimum Gasteiger partial charge on any atom is -0.460 e. The van der Waals surface area contributed by atoms with Crippen LogP contribution in [0.4, 0.5) is 0 Å². The Morgan fingerprint density at radius 2 is 1.95 bits per heavy atom. The van der Waals surface area contributed by atoms with Crippen LogP contribution in [0.3, 0.4) is 0 Å². The maximum Gasteiger partial charge on any atom is 0.320 e. The largest absolute Gasteiger partial charge is 0.460 e. The standard InChI is InChI=1S/C16H17NO2/c1-12-5-4-7-13(9-12)15-8-3-2-6-14(15)11-19-16(18)10-17/h2-9H,10-11,17H2,1H3. The van der Waals surface area contributed by atoms with Gasteiger partial charge in [0.15, 0.2) is 0 Å². The summed E-state index contributed by atoms with van der Waals surface area (Å²) in [7, 11) is 0. The maximum atomic E-state index is 11.1. The van der Waals surface area contributed by atoms with Crippen LogP contribution in [-0.2, 0) is 16.1 Å². The molecule has 0 amide bonds. The highest BCUT2D eigenvalue weighted by Gasteiger charge is 2.07. The van der Waals surface area contributed by atoms with Crippen molar-refractivity contribution in [3.8, 4) is 11.1 Å². The van der Waals surface area contributed by atoms with Crippen molar-refractivity contribution >= 4 is 5.97 Å². The summed E-state index contributed by atoms with van der Waals surface area (Å²) in [5, 5.41) is 0. The van der Waals surface area contributed by atoms with Gasteiger partial charge in [0.1, 0.15) is 6.61 Å². The van der Waals surface area contributed by atoms with Crippen LogP contribution < -0.4 is 5.73 Å². The third-order valence-electron chi connectivity index (χ3n) is 2.90. The fourth-order valence-corrected chi connectivity index (χ4v) is 1.96. The fraction of sp³-hybridized carbons (Fsp3) is 0.188. The summed E-state index contributed by atoms with van der Waals surface area (Å²) in [6, 6.07) is 16.1. The number of carbonyl (C=O) groups excluding carboxylic acids is 1. The molecule has 2 N–H and O–H groups in total. The minimum atomic E-state index is -0.390. The van der Waals surface area contributed by atoms with Crippen molar-refractivity contribution in [2.45, 2.75) is 13.5 Å². The average Bonchev–Trinajstić information content (AvgIpc) is 2.45. The van der Waals surface area contributed by atoms with Gasteiger partial charge in [-0.1, -0.05) is 54.1 Å². The number of ether oxygens (including phenoxy) is 1. The van der Waals surface area contributed by atoms with Crippen LogP contribution in [0.2, 0.25) is 0 Å². The van der Waals surface area contributed by atoms with E-state index in [0.717, 1.165) is 16.7 Å². The maximum absolute atomic E-state index is 11.1. The van der Waals surface area contributed by atoms with Gasteiger partial charge in [-0.05, 0) is 23.6 Å². The van der Waals surface area contributed by atoms with Crippen molar-refractivity contribution < 1.29 is 9.53 Å². The third kappa shape index (κ3) is 3.42. The molecule has 0 aromatic heterocycles.